The number of hydrogen-bond donors (Lipinski definition) is 3. The first-order valence-electron chi connectivity index (χ1n) is 1.87. The normalized spacial score (nSPS) is 9.50. The summed E-state index contributed by atoms with van der Waals surface area (Å²) in [7, 11) is 0. The second kappa shape index (κ2) is 1.25. The summed E-state index contributed by atoms with van der Waals surface area (Å²) in [6.07, 6.45) is 0. The molecule has 0 atom stereocenters. The summed E-state index contributed by atoms with van der Waals surface area (Å²) < 4.78 is 0. The largest absolute Gasteiger partial charge is 0.409 e. The molecule has 0 unspecified atom stereocenters. The van der Waals surface area contributed by atoms with Crippen molar-refractivity contribution in [1.29, 1.82) is 0 Å². The van der Waals surface area contributed by atoms with E-state index >= 15 is 0 Å². The molecule has 0 fully saturated rings. The van der Waals surface area contributed by atoms with Crippen LogP contribution in [-0.4, -0.2) is 20.1 Å². The van der Waals surface area contributed by atoms with E-state index in [-0.39, 0.29) is 11.9 Å². The molecule has 1 heterocycles. The maximum absolute atomic E-state index is 8.48. The van der Waals surface area contributed by atoms with Gasteiger partial charge >= 0.3 is 0 Å². The number of hydrogen-bond acceptors (Lipinski definition) is 5. The average molecular weight is 115 g/mol. The Kier molecular flexibility index (Phi) is 0.736. The molecule has 8 heavy (non-hydrogen) atoms. The van der Waals surface area contributed by atoms with E-state index in [1.807, 2.05) is 0 Å². The third-order valence-corrected chi connectivity index (χ3v) is 0.631. The van der Waals surface area contributed by atoms with Crippen LogP contribution >= 0.6 is 0 Å². The zero-order valence-electron chi connectivity index (χ0n) is 3.94. The van der Waals surface area contributed by atoms with Crippen molar-refractivity contribution >= 4 is 11.9 Å². The van der Waals surface area contributed by atoms with Crippen molar-refractivity contribution in [3.05, 3.63) is 0 Å². The molecule has 0 radical (unpaired) electrons. The van der Waals surface area contributed by atoms with Crippen molar-refractivity contribution in [2.24, 2.45) is 0 Å². The number of anilines is 2. The fourth-order valence-electron chi connectivity index (χ4n) is 0.333. The van der Waals surface area contributed by atoms with Crippen LogP contribution in [-0.2, 0) is 0 Å². The zero-order chi connectivity index (χ0) is 6.15. The van der Waals surface area contributed by atoms with Gasteiger partial charge in [-0.15, -0.1) is 0 Å². The van der Waals surface area contributed by atoms with Crippen LogP contribution in [0, 0.1) is 0 Å². The molecule has 0 aliphatic rings. The van der Waals surface area contributed by atoms with Crippen LogP contribution in [0.15, 0.2) is 0 Å². The van der Waals surface area contributed by atoms with Gasteiger partial charge in [-0.25, -0.2) is 0 Å². The molecule has 44 valence electrons. The zero-order valence-corrected chi connectivity index (χ0v) is 3.94. The van der Waals surface area contributed by atoms with E-state index in [1.165, 1.54) is 0 Å². The van der Waals surface area contributed by atoms with Crippen molar-refractivity contribution in [1.82, 2.24) is 14.9 Å². The van der Waals surface area contributed by atoms with Crippen LogP contribution in [0.3, 0.4) is 0 Å². The molecule has 1 aromatic rings. The lowest BCUT2D eigenvalue weighted by Crippen LogP contribution is -1.99. The number of nitrogen functional groups attached to an aromatic ring is 2. The molecule has 6 nitrogen and oxygen atoms in total. The van der Waals surface area contributed by atoms with Gasteiger partial charge in [-0.3, -0.25) is 0 Å². The Morgan fingerprint density at radius 1 is 1.50 bits per heavy atom. The monoisotopic (exact) mass is 115 g/mol. The number of rotatable bonds is 0. The van der Waals surface area contributed by atoms with E-state index in [0.717, 1.165) is 0 Å². The second-order valence-corrected chi connectivity index (χ2v) is 1.22. The van der Waals surface area contributed by atoms with E-state index in [4.69, 9.17) is 16.7 Å². The predicted molar refractivity (Wildman–Crippen MR) is 26.0 cm³/mol. The van der Waals surface area contributed by atoms with Crippen molar-refractivity contribution in [3.63, 3.8) is 0 Å². The average Bonchev–Trinajstić information content (AvgIpc) is 1.85. The first-order chi connectivity index (χ1) is 3.70. The summed E-state index contributed by atoms with van der Waals surface area (Å²) in [5.41, 5.74) is 10.00. The topological polar surface area (TPSA) is 103 Å². The number of nitrogens with two attached hydrogens (primary N) is 2. The molecule has 0 saturated carbocycles. The maximum atomic E-state index is 8.48. The lowest BCUT2D eigenvalue weighted by atomic mass is 11.0. The summed E-state index contributed by atoms with van der Waals surface area (Å²) in [5.74, 6) is -0.146. The molecule has 1 aromatic heterocycles. The second-order valence-electron chi connectivity index (χ2n) is 1.22. The minimum Gasteiger partial charge on any atom is -0.409 e. The van der Waals surface area contributed by atoms with Crippen molar-refractivity contribution in [3.8, 4) is 0 Å². The van der Waals surface area contributed by atoms with Gasteiger partial charge in [0.25, 0.3) is 5.95 Å². The lowest BCUT2D eigenvalue weighted by molar-refractivity contribution is 0.155. The Bertz CT molecular complexity index is 173. The molecule has 0 spiro atoms. The maximum Gasteiger partial charge on any atom is 0.258 e. The third kappa shape index (κ3) is 0.512. The van der Waals surface area contributed by atoms with Gasteiger partial charge in [0.2, 0.25) is 5.95 Å². The molecule has 0 bridgehead atoms. The highest BCUT2D eigenvalue weighted by atomic mass is 16.5. The summed E-state index contributed by atoms with van der Waals surface area (Å²) in [6.45, 7) is 0. The first-order valence-corrected chi connectivity index (χ1v) is 1.87. The first kappa shape index (κ1) is 4.69. The fraction of sp³-hybridized carbons (Fsp3) is 0. The fourth-order valence-corrected chi connectivity index (χ4v) is 0.333. The Morgan fingerprint density at radius 2 is 2.12 bits per heavy atom. The molecule has 6 heteroatoms. The van der Waals surface area contributed by atoms with Gasteiger partial charge in [0.1, 0.15) is 0 Å². The molecule has 0 amide bonds. The van der Waals surface area contributed by atoms with E-state index < -0.39 is 0 Å². The van der Waals surface area contributed by atoms with Crippen LogP contribution in [0.1, 0.15) is 0 Å². The van der Waals surface area contributed by atoms with Crippen LogP contribution in [0.4, 0.5) is 11.9 Å². The summed E-state index contributed by atoms with van der Waals surface area (Å²) >= 11 is 0. The molecule has 1 rings (SSSR count). The highest BCUT2D eigenvalue weighted by molar-refractivity contribution is 5.24. The SMILES string of the molecule is Nc1nc(N)n(O)n1. The van der Waals surface area contributed by atoms with E-state index in [9.17, 15) is 0 Å². The summed E-state index contributed by atoms with van der Waals surface area (Å²) in [5, 5.41) is 11.7. The van der Waals surface area contributed by atoms with Gasteiger partial charge in [0.05, 0.1) is 0 Å². The Morgan fingerprint density at radius 3 is 2.25 bits per heavy atom. The minimum absolute atomic E-state index is 0.0370. The Hall–Kier alpha value is -1.46. The Labute approximate surface area is 44.7 Å². The van der Waals surface area contributed by atoms with Crippen LogP contribution in [0.5, 0.6) is 0 Å². The van der Waals surface area contributed by atoms with E-state index in [2.05, 4.69) is 10.1 Å². The Balaban J connectivity index is 3.14. The molecule has 0 saturated heterocycles. The highest BCUT2D eigenvalue weighted by Crippen LogP contribution is 1.95. The summed E-state index contributed by atoms with van der Waals surface area (Å²) in [6, 6.07) is 0. The van der Waals surface area contributed by atoms with Gasteiger partial charge in [0.15, 0.2) is 0 Å². The smallest absolute Gasteiger partial charge is 0.258 e. The quantitative estimate of drug-likeness (QED) is 0.364. The lowest BCUT2D eigenvalue weighted by Gasteiger charge is -1.83. The van der Waals surface area contributed by atoms with Crippen molar-refractivity contribution in [2.45, 2.75) is 0 Å². The van der Waals surface area contributed by atoms with Crippen molar-refractivity contribution < 1.29 is 5.21 Å². The van der Waals surface area contributed by atoms with Gasteiger partial charge in [-0.05, 0) is 0 Å². The minimum atomic E-state index is -0.109. The van der Waals surface area contributed by atoms with Crippen LogP contribution in [0.25, 0.3) is 0 Å². The van der Waals surface area contributed by atoms with Crippen LogP contribution in [0.2, 0.25) is 0 Å². The van der Waals surface area contributed by atoms with E-state index in [1.54, 1.807) is 0 Å². The standard InChI is InChI=1S/C2H5N5O/c3-1-5-2(4)7(8)6-1/h8H,(H4,3,4,5,6). The van der Waals surface area contributed by atoms with Gasteiger partial charge in [0, 0.05) is 0 Å². The van der Waals surface area contributed by atoms with Gasteiger partial charge in [-0.1, -0.05) is 9.94 Å². The molecular formula is C2H5N5O. The predicted octanol–water partition coefficient (Wildman–Crippen LogP) is -1.32. The molecular weight excluding hydrogens is 110 g/mol. The molecule has 0 aromatic carbocycles. The molecule has 0 aliphatic carbocycles. The summed E-state index contributed by atoms with van der Waals surface area (Å²) in [4.78, 5) is 3.78. The van der Waals surface area contributed by atoms with E-state index in [0.29, 0.717) is 4.85 Å². The van der Waals surface area contributed by atoms with Crippen LogP contribution < -0.4 is 11.5 Å². The van der Waals surface area contributed by atoms with Gasteiger partial charge in [-0.2, -0.15) is 4.98 Å². The number of aromatic nitrogens is 3. The van der Waals surface area contributed by atoms with Crippen molar-refractivity contribution in [2.75, 3.05) is 11.5 Å². The third-order valence-electron chi connectivity index (χ3n) is 0.631. The van der Waals surface area contributed by atoms with Gasteiger partial charge < -0.3 is 16.7 Å². The number of nitrogens with zero attached hydrogens (tertiary/aromatic N) is 3. The molecule has 5 N–H and O–H groups in total. The highest BCUT2D eigenvalue weighted by Gasteiger charge is 1.97. The molecule has 0 aliphatic heterocycles.